The van der Waals surface area contributed by atoms with E-state index in [1.807, 2.05) is 13.8 Å². The fourth-order valence-electron chi connectivity index (χ4n) is 1.34. The van der Waals surface area contributed by atoms with Crippen LogP contribution in [-0.4, -0.2) is 21.4 Å². The van der Waals surface area contributed by atoms with Crippen LogP contribution in [0.1, 0.15) is 43.2 Å². The predicted octanol–water partition coefficient (Wildman–Crippen LogP) is 3.43. The highest BCUT2D eigenvalue weighted by atomic mass is 79.9. The van der Waals surface area contributed by atoms with Crippen molar-refractivity contribution in [1.82, 2.24) is 9.78 Å². The first kappa shape index (κ1) is 12.7. The third-order valence-electron chi connectivity index (χ3n) is 2.04. The summed E-state index contributed by atoms with van der Waals surface area (Å²) in [6.45, 7) is 4.00. The second kappa shape index (κ2) is 5.66. The number of alkyl halides is 1. The summed E-state index contributed by atoms with van der Waals surface area (Å²) in [6.07, 6.45) is 2.84. The van der Waals surface area contributed by atoms with E-state index >= 15 is 0 Å². The van der Waals surface area contributed by atoms with Gasteiger partial charge >= 0.3 is 0 Å². The Kier molecular flexibility index (Phi) is 4.80. The third-order valence-corrected chi connectivity index (χ3v) is 2.89. The van der Waals surface area contributed by atoms with Crippen molar-refractivity contribution in [2.45, 2.75) is 32.7 Å². The molecule has 0 spiro atoms. The maximum atomic E-state index is 11.9. The zero-order valence-corrected chi connectivity index (χ0v) is 11.2. The van der Waals surface area contributed by atoms with Crippen molar-refractivity contribution < 1.29 is 4.79 Å². The normalized spacial score (nSPS) is 11.0. The van der Waals surface area contributed by atoms with E-state index in [2.05, 4.69) is 21.0 Å². The highest BCUT2D eigenvalue weighted by molar-refractivity contribution is 9.10. The number of Topliss-reactive ketones (excluding diaryl/α,β-unsaturated/α-hetero) is 1. The summed E-state index contributed by atoms with van der Waals surface area (Å²) in [5, 5.41) is 4.16. The highest BCUT2D eigenvalue weighted by Gasteiger charge is 2.17. The Morgan fingerprint density at radius 2 is 2.33 bits per heavy atom. The van der Waals surface area contributed by atoms with Gasteiger partial charge in [0.2, 0.25) is 0 Å². The summed E-state index contributed by atoms with van der Waals surface area (Å²) < 4.78 is 2.50. The van der Waals surface area contributed by atoms with Crippen molar-refractivity contribution in [3.8, 4) is 0 Å². The quantitative estimate of drug-likeness (QED) is 0.616. The van der Waals surface area contributed by atoms with Gasteiger partial charge in [0, 0.05) is 18.3 Å². The third kappa shape index (κ3) is 3.05. The number of hydrogen-bond donors (Lipinski definition) is 0. The molecule has 1 aromatic rings. The van der Waals surface area contributed by atoms with Crippen LogP contribution in [-0.2, 0) is 0 Å². The largest absolute Gasteiger partial charge is 0.292 e. The summed E-state index contributed by atoms with van der Waals surface area (Å²) in [4.78, 5) is 11.9. The molecule has 0 radical (unpaired) electrons. The monoisotopic (exact) mass is 292 g/mol. The molecule has 0 saturated carbocycles. The van der Waals surface area contributed by atoms with E-state index in [0.717, 1.165) is 4.47 Å². The topological polar surface area (TPSA) is 34.9 Å². The Labute approximate surface area is 103 Å². The molecule has 0 aliphatic heterocycles. The number of carbonyl (C=O) groups is 1. The number of halogens is 2. The van der Waals surface area contributed by atoms with Gasteiger partial charge < -0.3 is 0 Å². The molecule has 0 fully saturated rings. The van der Waals surface area contributed by atoms with E-state index in [9.17, 15) is 4.79 Å². The van der Waals surface area contributed by atoms with Gasteiger partial charge in [0.15, 0.2) is 5.78 Å². The molecule has 0 aliphatic carbocycles. The minimum Gasteiger partial charge on any atom is -0.292 e. The van der Waals surface area contributed by atoms with Gasteiger partial charge in [-0.1, -0.05) is 0 Å². The Balaban J connectivity index is 2.91. The van der Waals surface area contributed by atoms with Crippen LogP contribution in [0.5, 0.6) is 0 Å². The maximum Gasteiger partial charge on any atom is 0.182 e. The summed E-state index contributed by atoms with van der Waals surface area (Å²) in [7, 11) is 0. The average Bonchev–Trinajstić information content (AvgIpc) is 2.56. The van der Waals surface area contributed by atoms with Crippen LogP contribution in [0.4, 0.5) is 0 Å². The van der Waals surface area contributed by atoms with Crippen LogP contribution < -0.4 is 0 Å². The zero-order valence-electron chi connectivity index (χ0n) is 8.83. The molecule has 1 rings (SSSR count). The van der Waals surface area contributed by atoms with Crippen molar-refractivity contribution in [2.75, 3.05) is 5.88 Å². The number of aromatic nitrogens is 2. The summed E-state index contributed by atoms with van der Waals surface area (Å²) in [5.41, 5.74) is 0.648. The maximum absolute atomic E-state index is 11.9. The van der Waals surface area contributed by atoms with Gasteiger partial charge in [-0.25, -0.2) is 0 Å². The first-order chi connectivity index (χ1) is 7.07. The molecule has 0 saturated heterocycles. The van der Waals surface area contributed by atoms with E-state index in [1.165, 1.54) is 0 Å². The number of hydrogen-bond acceptors (Lipinski definition) is 2. The zero-order chi connectivity index (χ0) is 11.4. The van der Waals surface area contributed by atoms with E-state index in [0.29, 0.717) is 24.4 Å². The van der Waals surface area contributed by atoms with Gasteiger partial charge in [-0.3, -0.25) is 9.48 Å². The lowest BCUT2D eigenvalue weighted by atomic mass is 10.2. The minimum absolute atomic E-state index is 0.0914. The van der Waals surface area contributed by atoms with Crippen LogP contribution in [0.15, 0.2) is 10.7 Å². The van der Waals surface area contributed by atoms with Crippen LogP contribution >= 0.6 is 27.5 Å². The van der Waals surface area contributed by atoms with Crippen molar-refractivity contribution in [2.24, 2.45) is 0 Å². The first-order valence-corrected chi connectivity index (χ1v) is 6.22. The molecule has 1 heterocycles. The van der Waals surface area contributed by atoms with E-state index in [-0.39, 0.29) is 11.8 Å². The smallest absolute Gasteiger partial charge is 0.182 e. The van der Waals surface area contributed by atoms with Crippen LogP contribution in [0.25, 0.3) is 0 Å². The molecule has 15 heavy (non-hydrogen) atoms. The molecule has 1 aromatic heterocycles. The van der Waals surface area contributed by atoms with Crippen molar-refractivity contribution in [3.05, 3.63) is 16.4 Å². The van der Waals surface area contributed by atoms with Crippen molar-refractivity contribution >= 4 is 33.3 Å². The lowest BCUT2D eigenvalue weighted by Crippen LogP contribution is -2.13. The van der Waals surface area contributed by atoms with Gasteiger partial charge in [0.05, 0.1) is 10.7 Å². The van der Waals surface area contributed by atoms with Crippen molar-refractivity contribution in [3.63, 3.8) is 0 Å². The Bertz CT molecular complexity index is 349. The molecule has 0 aliphatic rings. The van der Waals surface area contributed by atoms with Gasteiger partial charge in [0.25, 0.3) is 0 Å². The van der Waals surface area contributed by atoms with E-state index in [1.54, 1.807) is 10.9 Å². The molecule has 0 aromatic carbocycles. The van der Waals surface area contributed by atoms with Gasteiger partial charge in [-0.05, 0) is 36.2 Å². The highest BCUT2D eigenvalue weighted by Crippen LogP contribution is 2.21. The summed E-state index contributed by atoms with van der Waals surface area (Å²) >= 11 is 8.90. The SMILES string of the molecule is CC(C)n1ncc(Br)c1C(=O)CCCCl. The van der Waals surface area contributed by atoms with Crippen molar-refractivity contribution in [1.29, 1.82) is 0 Å². The molecule has 5 heteroatoms. The fourth-order valence-corrected chi connectivity index (χ4v) is 1.97. The predicted molar refractivity (Wildman–Crippen MR) is 64.6 cm³/mol. The molecular weight excluding hydrogens is 279 g/mol. The molecule has 0 unspecified atom stereocenters. The van der Waals surface area contributed by atoms with E-state index < -0.39 is 0 Å². The second-order valence-electron chi connectivity index (χ2n) is 3.60. The van der Waals surface area contributed by atoms with Crippen LogP contribution in [0.3, 0.4) is 0 Å². The van der Waals surface area contributed by atoms with Gasteiger partial charge in [-0.15, -0.1) is 11.6 Å². The summed E-state index contributed by atoms with van der Waals surface area (Å²) in [6, 6.07) is 0.186. The van der Waals surface area contributed by atoms with Crippen LogP contribution in [0, 0.1) is 0 Å². The van der Waals surface area contributed by atoms with Gasteiger partial charge in [0.1, 0.15) is 5.69 Å². The molecule has 84 valence electrons. The second-order valence-corrected chi connectivity index (χ2v) is 4.83. The number of ketones is 1. The van der Waals surface area contributed by atoms with Crippen LogP contribution in [0.2, 0.25) is 0 Å². The van der Waals surface area contributed by atoms with Gasteiger partial charge in [-0.2, -0.15) is 5.10 Å². The Hall–Kier alpha value is -0.350. The lowest BCUT2D eigenvalue weighted by Gasteiger charge is -2.10. The molecular formula is C10H14BrClN2O. The standard InChI is InChI=1S/C10H14BrClN2O/c1-7(2)14-10(8(11)6-13-14)9(15)4-3-5-12/h6-7H,3-5H2,1-2H3. The molecule has 0 N–H and O–H groups in total. The van der Waals surface area contributed by atoms with E-state index in [4.69, 9.17) is 11.6 Å². The molecule has 0 atom stereocenters. The number of carbonyl (C=O) groups excluding carboxylic acids is 1. The molecule has 0 bridgehead atoms. The minimum atomic E-state index is 0.0914. The first-order valence-electron chi connectivity index (χ1n) is 4.90. The molecule has 0 amide bonds. The average molecular weight is 294 g/mol. The molecule has 3 nitrogen and oxygen atoms in total. The summed E-state index contributed by atoms with van der Waals surface area (Å²) in [5.74, 6) is 0.604. The number of nitrogens with zero attached hydrogens (tertiary/aromatic N) is 2. The fraction of sp³-hybridized carbons (Fsp3) is 0.600. The Morgan fingerprint density at radius 1 is 1.67 bits per heavy atom. The lowest BCUT2D eigenvalue weighted by molar-refractivity contribution is 0.0969. The Morgan fingerprint density at radius 3 is 2.87 bits per heavy atom. The number of rotatable bonds is 5.